The number of halogens is 5. The fraction of sp³-hybridized carbons (Fsp3) is 0.636. The zero-order chi connectivity index (χ0) is 23.8. The number of esters is 1. The fourth-order valence-corrected chi connectivity index (χ4v) is 3.39. The number of nitrogens with one attached hydrogen (secondary N) is 1. The molecular formula is C22H28ClF4NO3. The molecule has 4 nitrogen and oxygen atoms in total. The van der Waals surface area contributed by atoms with Gasteiger partial charge in [-0.25, -0.2) is 4.39 Å². The average Bonchev–Trinajstić information content (AvgIpc) is 3.36. The minimum atomic E-state index is -4.52. The predicted octanol–water partition coefficient (Wildman–Crippen LogP) is 6.43. The largest absolute Gasteiger partial charge is 0.460 e. The van der Waals surface area contributed by atoms with E-state index in [-0.39, 0.29) is 30.0 Å². The summed E-state index contributed by atoms with van der Waals surface area (Å²) in [5.74, 6) is -5.44. The minimum absolute atomic E-state index is 0.0730. The van der Waals surface area contributed by atoms with Gasteiger partial charge < -0.3 is 10.1 Å². The molecule has 0 bridgehead atoms. The molecular weight excluding hydrogens is 438 g/mol. The molecule has 1 N–H and O–H groups in total. The number of amides is 1. The van der Waals surface area contributed by atoms with Gasteiger partial charge in [-0.15, -0.1) is 0 Å². The molecule has 31 heavy (non-hydrogen) atoms. The Balaban J connectivity index is 2.24. The topological polar surface area (TPSA) is 55.4 Å². The molecule has 0 aromatic heterocycles. The van der Waals surface area contributed by atoms with Gasteiger partial charge in [0.1, 0.15) is 11.3 Å². The molecule has 1 aromatic carbocycles. The highest BCUT2D eigenvalue weighted by Crippen LogP contribution is 2.53. The molecule has 0 saturated heterocycles. The van der Waals surface area contributed by atoms with E-state index in [4.69, 9.17) is 16.3 Å². The van der Waals surface area contributed by atoms with Crippen LogP contribution < -0.4 is 5.32 Å². The third kappa shape index (κ3) is 6.82. The third-order valence-electron chi connectivity index (χ3n) is 5.47. The van der Waals surface area contributed by atoms with Crippen molar-refractivity contribution < 1.29 is 31.9 Å². The van der Waals surface area contributed by atoms with E-state index in [0.717, 1.165) is 6.92 Å². The summed E-state index contributed by atoms with van der Waals surface area (Å²) < 4.78 is 59.2. The molecule has 0 spiro atoms. The molecule has 0 heterocycles. The van der Waals surface area contributed by atoms with Gasteiger partial charge in [0.25, 0.3) is 0 Å². The minimum Gasteiger partial charge on any atom is -0.460 e. The Morgan fingerprint density at radius 1 is 1.19 bits per heavy atom. The van der Waals surface area contributed by atoms with E-state index < -0.39 is 47.1 Å². The molecule has 1 aromatic rings. The second-order valence-corrected chi connectivity index (χ2v) is 9.63. The smallest absolute Gasteiger partial charge is 0.392 e. The molecule has 0 radical (unpaired) electrons. The lowest BCUT2D eigenvalue weighted by molar-refractivity contribution is -0.183. The number of ether oxygens (including phenoxy) is 1. The highest BCUT2D eigenvalue weighted by Gasteiger charge is 2.52. The van der Waals surface area contributed by atoms with Gasteiger partial charge in [0.2, 0.25) is 5.91 Å². The van der Waals surface area contributed by atoms with Crippen molar-refractivity contribution >= 4 is 29.2 Å². The van der Waals surface area contributed by atoms with Crippen molar-refractivity contribution in [2.24, 2.45) is 11.8 Å². The molecule has 174 valence electrons. The quantitative estimate of drug-likeness (QED) is 0.373. The van der Waals surface area contributed by atoms with Crippen LogP contribution in [0.1, 0.15) is 65.4 Å². The van der Waals surface area contributed by atoms with Crippen molar-refractivity contribution in [2.75, 3.05) is 5.32 Å². The van der Waals surface area contributed by atoms with Gasteiger partial charge in [-0.3, -0.25) is 9.59 Å². The van der Waals surface area contributed by atoms with Crippen molar-refractivity contribution in [3.05, 3.63) is 28.8 Å². The molecule has 1 amide bonds. The SMILES string of the molecule is C[C@H]([C@@H](C)C(=O)Nc1cc(C(CC(=O)OC(C)(C)C)C2(F)CC2)ccc1Cl)C(F)(F)F. The molecule has 1 aliphatic rings. The number of carbonyl (C=O) groups excluding carboxylic acids is 2. The normalized spacial score (nSPS) is 18.6. The number of benzene rings is 1. The Morgan fingerprint density at radius 3 is 2.26 bits per heavy atom. The number of alkyl halides is 4. The van der Waals surface area contributed by atoms with Crippen molar-refractivity contribution in [3.8, 4) is 0 Å². The zero-order valence-corrected chi connectivity index (χ0v) is 19.0. The maximum absolute atomic E-state index is 15.1. The summed E-state index contributed by atoms with van der Waals surface area (Å²) in [4.78, 5) is 24.7. The summed E-state index contributed by atoms with van der Waals surface area (Å²) in [5.41, 5.74) is -1.81. The van der Waals surface area contributed by atoms with Gasteiger partial charge in [0.05, 0.1) is 23.0 Å². The molecule has 0 aliphatic heterocycles. The van der Waals surface area contributed by atoms with E-state index in [1.165, 1.54) is 19.1 Å². The first-order chi connectivity index (χ1) is 14.0. The summed E-state index contributed by atoms with van der Waals surface area (Å²) in [6, 6.07) is 4.40. The molecule has 1 unspecified atom stereocenters. The van der Waals surface area contributed by atoms with Gasteiger partial charge in [-0.2, -0.15) is 13.2 Å². The van der Waals surface area contributed by atoms with Crippen LogP contribution in [0.15, 0.2) is 18.2 Å². The number of carbonyl (C=O) groups is 2. The first kappa shape index (κ1) is 25.4. The number of hydrogen-bond donors (Lipinski definition) is 1. The number of anilines is 1. The maximum atomic E-state index is 15.1. The summed E-state index contributed by atoms with van der Waals surface area (Å²) in [6.45, 7) is 7.24. The third-order valence-corrected chi connectivity index (χ3v) is 5.80. The van der Waals surface area contributed by atoms with E-state index in [9.17, 15) is 22.8 Å². The average molecular weight is 466 g/mol. The van der Waals surface area contributed by atoms with Gasteiger partial charge in [-0.1, -0.05) is 31.5 Å². The molecule has 3 atom stereocenters. The Labute approximate surface area is 184 Å². The van der Waals surface area contributed by atoms with Crippen LogP contribution in [0.3, 0.4) is 0 Å². The van der Waals surface area contributed by atoms with Crippen LogP contribution in [0.4, 0.5) is 23.2 Å². The van der Waals surface area contributed by atoms with E-state index in [2.05, 4.69) is 5.32 Å². The van der Waals surface area contributed by atoms with Gasteiger partial charge in [-0.05, 0) is 51.3 Å². The van der Waals surface area contributed by atoms with Crippen molar-refractivity contribution in [1.82, 2.24) is 0 Å². The van der Waals surface area contributed by atoms with E-state index in [0.29, 0.717) is 5.56 Å². The lowest BCUT2D eigenvalue weighted by Crippen LogP contribution is -2.34. The summed E-state index contributed by atoms with van der Waals surface area (Å²) in [5, 5.41) is 2.51. The van der Waals surface area contributed by atoms with Gasteiger partial charge >= 0.3 is 12.1 Å². The van der Waals surface area contributed by atoms with Crippen LogP contribution in [0, 0.1) is 11.8 Å². The van der Waals surface area contributed by atoms with Gasteiger partial charge in [0.15, 0.2) is 0 Å². The Morgan fingerprint density at radius 2 is 1.77 bits per heavy atom. The highest BCUT2D eigenvalue weighted by atomic mass is 35.5. The van der Waals surface area contributed by atoms with Crippen LogP contribution in [0.5, 0.6) is 0 Å². The zero-order valence-electron chi connectivity index (χ0n) is 18.2. The Kier molecular flexibility index (Phi) is 7.35. The Hall–Kier alpha value is -1.83. The first-order valence-corrected chi connectivity index (χ1v) is 10.5. The van der Waals surface area contributed by atoms with E-state index in [1.807, 2.05) is 0 Å². The van der Waals surface area contributed by atoms with Crippen molar-refractivity contribution in [1.29, 1.82) is 0 Å². The monoisotopic (exact) mass is 465 g/mol. The lowest BCUT2D eigenvalue weighted by atomic mass is 9.88. The second-order valence-electron chi connectivity index (χ2n) is 9.23. The lowest BCUT2D eigenvalue weighted by Gasteiger charge is -2.25. The van der Waals surface area contributed by atoms with Crippen LogP contribution in [-0.4, -0.2) is 29.3 Å². The Bertz CT molecular complexity index is 831. The highest BCUT2D eigenvalue weighted by molar-refractivity contribution is 6.33. The fourth-order valence-electron chi connectivity index (χ4n) is 3.23. The van der Waals surface area contributed by atoms with Crippen molar-refractivity contribution in [2.45, 2.75) is 77.2 Å². The number of hydrogen-bond acceptors (Lipinski definition) is 3. The predicted molar refractivity (Wildman–Crippen MR) is 111 cm³/mol. The summed E-state index contributed by atoms with van der Waals surface area (Å²) in [6.07, 6.45) is -4.16. The van der Waals surface area contributed by atoms with E-state index >= 15 is 4.39 Å². The molecule has 2 rings (SSSR count). The summed E-state index contributed by atoms with van der Waals surface area (Å²) in [7, 11) is 0. The molecule has 1 fully saturated rings. The standard InChI is InChI=1S/C22H28ClF4NO3/c1-12(13(2)22(25,26)27)19(30)28-17-10-14(6-7-16(17)23)15(21(24)8-9-21)11-18(29)31-20(3,4)5/h6-7,10,12-13,15H,8-9,11H2,1-5H3,(H,28,30)/t12-,13-,15?/m1/s1. The van der Waals surface area contributed by atoms with Crippen molar-refractivity contribution in [3.63, 3.8) is 0 Å². The molecule has 1 aliphatic carbocycles. The van der Waals surface area contributed by atoms with E-state index in [1.54, 1.807) is 26.8 Å². The second kappa shape index (κ2) is 8.96. The summed E-state index contributed by atoms with van der Waals surface area (Å²) >= 11 is 6.12. The van der Waals surface area contributed by atoms with Crippen LogP contribution in [-0.2, 0) is 14.3 Å². The first-order valence-electron chi connectivity index (χ1n) is 10.1. The molecule has 9 heteroatoms. The maximum Gasteiger partial charge on any atom is 0.392 e. The van der Waals surface area contributed by atoms with Crippen LogP contribution in [0.2, 0.25) is 5.02 Å². The van der Waals surface area contributed by atoms with Gasteiger partial charge in [0, 0.05) is 11.8 Å². The van der Waals surface area contributed by atoms with Crippen LogP contribution >= 0.6 is 11.6 Å². The molecule has 1 saturated carbocycles. The number of rotatable bonds is 7. The van der Waals surface area contributed by atoms with Crippen LogP contribution in [0.25, 0.3) is 0 Å².